The molecule has 142 valence electrons. The molecule has 0 saturated heterocycles. The Morgan fingerprint density at radius 1 is 1.00 bits per heavy atom. The second-order valence-corrected chi connectivity index (χ2v) is 9.26. The first-order chi connectivity index (χ1) is 13.0. The molecule has 7 heteroatoms. The van der Waals surface area contributed by atoms with E-state index in [1.165, 1.54) is 12.1 Å². The van der Waals surface area contributed by atoms with E-state index in [0.717, 1.165) is 44.4 Å². The molecule has 1 heterocycles. The molecule has 2 aromatic carbocycles. The standard InChI is InChI=1S/C20H20F3N3Te/c1-2-3-13-27-19-18(16-9-11-17(12-10-16)20(21,22)23)24-25-26(19)14-15-7-5-4-6-8-15/h4-12H,2-3,13-14H2,1H3. The first-order valence-electron chi connectivity index (χ1n) is 8.77. The number of halogens is 3. The summed E-state index contributed by atoms with van der Waals surface area (Å²) >= 11 is -0.528. The summed E-state index contributed by atoms with van der Waals surface area (Å²) in [6.07, 6.45) is -2.06. The van der Waals surface area contributed by atoms with E-state index in [2.05, 4.69) is 17.2 Å². The molecule has 3 aromatic rings. The molecule has 0 saturated carbocycles. The third-order valence-electron chi connectivity index (χ3n) is 4.09. The van der Waals surface area contributed by atoms with Crippen molar-refractivity contribution >= 4 is 24.7 Å². The summed E-state index contributed by atoms with van der Waals surface area (Å²) in [6, 6.07) is 15.2. The van der Waals surface area contributed by atoms with Gasteiger partial charge < -0.3 is 0 Å². The number of aromatic nitrogens is 3. The maximum atomic E-state index is 12.8. The average molecular weight is 487 g/mol. The Morgan fingerprint density at radius 2 is 1.70 bits per heavy atom. The van der Waals surface area contributed by atoms with Crippen molar-refractivity contribution < 1.29 is 13.2 Å². The molecule has 0 N–H and O–H groups in total. The van der Waals surface area contributed by atoms with E-state index in [4.69, 9.17) is 0 Å². The zero-order valence-corrected chi connectivity index (χ0v) is 17.2. The Labute approximate surface area is 166 Å². The van der Waals surface area contributed by atoms with Crippen LogP contribution in [0.1, 0.15) is 30.9 Å². The van der Waals surface area contributed by atoms with E-state index in [1.807, 2.05) is 35.0 Å². The minimum atomic E-state index is -4.33. The molecule has 0 aliphatic rings. The van der Waals surface area contributed by atoms with Crippen LogP contribution in [0.25, 0.3) is 11.3 Å². The zero-order chi connectivity index (χ0) is 19.3. The van der Waals surface area contributed by atoms with Gasteiger partial charge >= 0.3 is 167 Å². The first kappa shape index (κ1) is 19.9. The van der Waals surface area contributed by atoms with Gasteiger partial charge in [-0.05, 0) is 0 Å². The minimum absolute atomic E-state index is 0.528. The monoisotopic (exact) mass is 489 g/mol. The molecule has 0 unspecified atom stereocenters. The van der Waals surface area contributed by atoms with E-state index in [-0.39, 0.29) is 0 Å². The molecule has 27 heavy (non-hydrogen) atoms. The molecular formula is C20H20F3N3Te. The van der Waals surface area contributed by atoms with Crippen LogP contribution in [-0.4, -0.2) is 35.9 Å². The van der Waals surface area contributed by atoms with Crippen LogP contribution in [0.4, 0.5) is 13.2 Å². The quantitative estimate of drug-likeness (QED) is 0.362. The van der Waals surface area contributed by atoms with Gasteiger partial charge in [0.25, 0.3) is 0 Å². The van der Waals surface area contributed by atoms with Gasteiger partial charge in [0.05, 0.1) is 0 Å². The Balaban J connectivity index is 1.91. The van der Waals surface area contributed by atoms with Gasteiger partial charge in [-0.1, -0.05) is 0 Å². The van der Waals surface area contributed by atoms with Crippen LogP contribution in [0.5, 0.6) is 0 Å². The second-order valence-electron chi connectivity index (χ2n) is 6.16. The number of benzene rings is 2. The Hall–Kier alpha value is -1.84. The normalized spacial score (nSPS) is 11.7. The van der Waals surface area contributed by atoms with Gasteiger partial charge in [-0.3, -0.25) is 0 Å². The van der Waals surface area contributed by atoms with Crippen molar-refractivity contribution in [1.82, 2.24) is 15.0 Å². The predicted molar refractivity (Wildman–Crippen MR) is 101 cm³/mol. The van der Waals surface area contributed by atoms with E-state index in [9.17, 15) is 13.2 Å². The van der Waals surface area contributed by atoms with Crippen LogP contribution in [0, 0.1) is 0 Å². The molecule has 1 aromatic heterocycles. The summed E-state index contributed by atoms with van der Waals surface area (Å²) in [7, 11) is 0. The van der Waals surface area contributed by atoms with Crippen molar-refractivity contribution in [2.45, 2.75) is 37.0 Å². The van der Waals surface area contributed by atoms with Gasteiger partial charge in [-0.15, -0.1) is 0 Å². The first-order valence-corrected chi connectivity index (χ1v) is 11.6. The fourth-order valence-electron chi connectivity index (χ4n) is 2.62. The van der Waals surface area contributed by atoms with Gasteiger partial charge in [-0.25, -0.2) is 0 Å². The summed E-state index contributed by atoms with van der Waals surface area (Å²) in [4.78, 5) is 0. The summed E-state index contributed by atoms with van der Waals surface area (Å²) < 4.78 is 42.6. The van der Waals surface area contributed by atoms with Gasteiger partial charge in [-0.2, -0.15) is 0 Å². The van der Waals surface area contributed by atoms with Crippen LogP contribution in [0.2, 0.25) is 4.47 Å². The van der Waals surface area contributed by atoms with Crippen molar-refractivity contribution in [3.05, 3.63) is 65.7 Å². The predicted octanol–water partition coefficient (Wildman–Crippen LogP) is 4.56. The summed E-state index contributed by atoms with van der Waals surface area (Å²) in [5.74, 6) is 0. The summed E-state index contributed by atoms with van der Waals surface area (Å²) in [5.41, 5.74) is 1.90. The van der Waals surface area contributed by atoms with Gasteiger partial charge in [0.1, 0.15) is 0 Å². The van der Waals surface area contributed by atoms with Crippen LogP contribution in [0.3, 0.4) is 0 Å². The van der Waals surface area contributed by atoms with Crippen LogP contribution in [-0.2, 0) is 12.7 Å². The Morgan fingerprint density at radius 3 is 2.33 bits per heavy atom. The third-order valence-corrected chi connectivity index (χ3v) is 7.43. The summed E-state index contributed by atoms with van der Waals surface area (Å²) in [5, 5.41) is 8.63. The van der Waals surface area contributed by atoms with Crippen molar-refractivity contribution in [3.63, 3.8) is 0 Å². The van der Waals surface area contributed by atoms with Crippen molar-refractivity contribution in [3.8, 4) is 11.3 Å². The van der Waals surface area contributed by atoms with Crippen LogP contribution >= 0.6 is 0 Å². The second kappa shape index (κ2) is 8.90. The van der Waals surface area contributed by atoms with Crippen LogP contribution in [0.15, 0.2) is 54.6 Å². The van der Waals surface area contributed by atoms with E-state index < -0.39 is 32.7 Å². The zero-order valence-electron chi connectivity index (χ0n) is 14.9. The third kappa shape index (κ3) is 5.12. The Kier molecular flexibility index (Phi) is 6.56. The molecule has 0 fully saturated rings. The molecule has 0 amide bonds. The average Bonchev–Trinajstić information content (AvgIpc) is 3.05. The van der Waals surface area contributed by atoms with Crippen molar-refractivity contribution in [1.29, 1.82) is 0 Å². The van der Waals surface area contributed by atoms with E-state index >= 15 is 0 Å². The van der Waals surface area contributed by atoms with E-state index in [1.54, 1.807) is 0 Å². The SMILES string of the molecule is CCCC[Te]c1c(-c2ccc(C(F)(F)F)cc2)nnn1Cc1ccccc1. The molecule has 0 aliphatic carbocycles. The molecule has 3 nitrogen and oxygen atoms in total. The molecular weight excluding hydrogens is 467 g/mol. The number of nitrogens with zero attached hydrogens (tertiary/aromatic N) is 3. The molecule has 3 rings (SSSR count). The van der Waals surface area contributed by atoms with Crippen LogP contribution < -0.4 is 3.74 Å². The molecule has 0 spiro atoms. The molecule has 0 aliphatic heterocycles. The van der Waals surface area contributed by atoms with E-state index in [0.29, 0.717) is 12.1 Å². The summed E-state index contributed by atoms with van der Waals surface area (Å²) in [6.45, 7) is 2.78. The number of rotatable bonds is 7. The topological polar surface area (TPSA) is 30.7 Å². The Bertz CT molecular complexity index is 858. The van der Waals surface area contributed by atoms with Gasteiger partial charge in [0, 0.05) is 0 Å². The number of hydrogen-bond acceptors (Lipinski definition) is 2. The van der Waals surface area contributed by atoms with Crippen molar-refractivity contribution in [2.24, 2.45) is 0 Å². The fraction of sp³-hybridized carbons (Fsp3) is 0.300. The van der Waals surface area contributed by atoms with Gasteiger partial charge in [0.15, 0.2) is 0 Å². The molecule has 0 radical (unpaired) electrons. The molecule has 0 atom stereocenters. The number of unbranched alkanes of at least 4 members (excludes halogenated alkanes) is 1. The fourth-order valence-corrected chi connectivity index (χ4v) is 5.96. The number of alkyl halides is 3. The van der Waals surface area contributed by atoms with Gasteiger partial charge in [0.2, 0.25) is 0 Å². The van der Waals surface area contributed by atoms with Crippen molar-refractivity contribution in [2.75, 3.05) is 0 Å². The number of hydrogen-bond donors (Lipinski definition) is 0. The molecule has 0 bridgehead atoms. The maximum absolute atomic E-state index is 12.8.